The monoisotopic (exact) mass is 912 g/mol. The first-order chi connectivity index (χ1) is 31.2. The van der Waals surface area contributed by atoms with Crippen molar-refractivity contribution in [3.05, 3.63) is 69.6 Å². The van der Waals surface area contributed by atoms with E-state index in [1.54, 1.807) is 52.0 Å². The number of nitrogens with one attached hydrogen (secondary N) is 2. The minimum absolute atomic E-state index is 0.00988. The smallest absolute Gasteiger partial charge is 0.312 e. The van der Waals surface area contributed by atoms with Gasteiger partial charge in [0, 0.05) is 98.1 Å². The summed E-state index contributed by atoms with van der Waals surface area (Å²) in [5.41, 5.74) is -0.665. The number of nitrogens with zero attached hydrogens (tertiary/aromatic N) is 2. The Balaban J connectivity index is 1.44. The molecule has 0 unspecified atom stereocenters. The maximum absolute atomic E-state index is 14.8. The number of carbonyl (C=O) groups is 3. The quantitative estimate of drug-likeness (QED) is 0.0801. The number of phenols is 2. The number of benzene rings is 3. The van der Waals surface area contributed by atoms with Crippen LogP contribution in [0.25, 0.3) is 33.3 Å². The van der Waals surface area contributed by atoms with Crippen LogP contribution in [0.3, 0.4) is 0 Å². The number of aliphatic hydroxyl groups excluding tert-OH is 2. The summed E-state index contributed by atoms with van der Waals surface area (Å²) in [6, 6.07) is 3.60. The number of piperidine rings is 1. The molecule has 5 aliphatic heterocycles. The van der Waals surface area contributed by atoms with Gasteiger partial charge in [-0.15, -0.1) is 0 Å². The number of aliphatic hydroxyl groups is 2. The Kier molecular flexibility index (Phi) is 13.6. The second-order valence-electron chi connectivity index (χ2n) is 18.1. The van der Waals surface area contributed by atoms with Crippen molar-refractivity contribution in [2.45, 2.75) is 104 Å². The largest absolute Gasteiger partial charge is 0.507 e. The van der Waals surface area contributed by atoms with Crippen LogP contribution in [-0.4, -0.2) is 107 Å². The molecule has 17 nitrogen and oxygen atoms in total. The number of ether oxygens (including phenoxy) is 4. The Labute approximate surface area is 382 Å². The van der Waals surface area contributed by atoms with E-state index in [0.717, 1.165) is 12.8 Å². The third-order valence-corrected chi connectivity index (χ3v) is 13.7. The number of aromatic nitrogens is 1. The number of hydrogen-bond donors (Lipinski definition) is 6. The van der Waals surface area contributed by atoms with Crippen LogP contribution in [0.5, 0.6) is 17.2 Å². The van der Waals surface area contributed by atoms with E-state index in [2.05, 4.69) is 15.5 Å². The fourth-order valence-electron chi connectivity index (χ4n) is 9.48. The Hall–Kier alpha value is -6.01. The molecule has 0 spiro atoms. The average Bonchev–Trinajstić information content (AvgIpc) is 3.56. The van der Waals surface area contributed by atoms with Crippen LogP contribution in [0, 0.1) is 30.6 Å². The number of amides is 1. The second-order valence-corrected chi connectivity index (χ2v) is 18.1. The van der Waals surface area contributed by atoms with E-state index in [0.29, 0.717) is 24.8 Å². The number of Topliss-reactive ketones (excluding diaryl/α,β-unsaturated/α-hetero) is 1. The number of aromatic hydroxyl groups is 2. The molecule has 0 saturated carbocycles. The molecule has 5 heterocycles. The fraction of sp³-hybridized carbons (Fsp3) is 0.490. The van der Waals surface area contributed by atoms with Crippen molar-refractivity contribution in [1.82, 2.24) is 10.3 Å². The van der Waals surface area contributed by atoms with Gasteiger partial charge in [-0.25, -0.2) is 4.98 Å². The molecule has 0 aromatic heterocycles. The van der Waals surface area contributed by atoms with Crippen molar-refractivity contribution >= 4 is 50.9 Å². The summed E-state index contributed by atoms with van der Waals surface area (Å²) in [7, 11) is 3.35. The molecule has 8 rings (SSSR count). The number of ketones is 1. The summed E-state index contributed by atoms with van der Waals surface area (Å²) in [6.45, 7) is 13.9. The highest BCUT2D eigenvalue weighted by Crippen LogP contribution is 2.51. The minimum atomic E-state index is -2.08. The molecule has 2 aromatic carbocycles. The summed E-state index contributed by atoms with van der Waals surface area (Å²) in [5.74, 6) is -7.83. The van der Waals surface area contributed by atoms with E-state index in [4.69, 9.17) is 28.3 Å². The lowest BCUT2D eigenvalue weighted by atomic mass is 9.78. The van der Waals surface area contributed by atoms with Crippen LogP contribution in [0.2, 0.25) is 0 Å². The molecule has 354 valence electrons. The van der Waals surface area contributed by atoms with Crippen molar-refractivity contribution in [1.29, 1.82) is 0 Å². The Morgan fingerprint density at radius 1 is 0.985 bits per heavy atom. The number of esters is 1. The second kappa shape index (κ2) is 18.7. The molecule has 17 heteroatoms. The molecule has 2 aromatic rings. The number of phenolic OH excluding ortho intramolecular Hbond substituents is 2. The Bertz CT molecular complexity index is 2680. The molecule has 5 bridgehead atoms. The molecule has 1 aliphatic carbocycles. The fourth-order valence-corrected chi connectivity index (χ4v) is 9.48. The SMILES string of the molecule is CNC1CCN(c2cc(O)c3nc4c5c6c7c(C)c(O)c5c(=O)c(c-4oc3c2)NC(=O)/C(C)=C\C=C\[C@H](C)[C@H](O)[C@@H](C)[C@@H](O)[C@@H](C)[C@H](OC(C)=O)[C@H](C)[C@@H](OC)/C=C/O[C@@](C)(O7)C6=O)CC1. The van der Waals surface area contributed by atoms with Gasteiger partial charge in [0.25, 0.3) is 11.7 Å². The molecule has 6 N–H and O–H groups in total. The zero-order valence-electron chi connectivity index (χ0n) is 38.9. The van der Waals surface area contributed by atoms with E-state index < -0.39 is 82.7 Å². The third kappa shape index (κ3) is 8.60. The summed E-state index contributed by atoms with van der Waals surface area (Å²) in [4.78, 5) is 63.0. The number of allylic oxidation sites excluding steroid dienone is 2. The van der Waals surface area contributed by atoms with Gasteiger partial charge in [-0.3, -0.25) is 19.2 Å². The Morgan fingerprint density at radius 3 is 2.33 bits per heavy atom. The lowest BCUT2D eigenvalue weighted by Crippen LogP contribution is -2.46. The standard InChI is InChI=1S/C49H60N4O13/c1-22-12-11-13-23(2)48(61)52-39-43(59)35-34(38-46(39)65-33-21-30(20-31(55)37(33)51-38)53-17-14-29(50-9)15-18-53)36-45(27(6)42(35)58)66-49(8,47(36)60)63-19-16-32(62-10)24(3)44(64-28(7)54)26(5)41(57)25(4)40(22)56/h11-13,16,19-22,24-26,29,32,40-41,44,50,55-58H,14-15,17-18H2,1-10H3,(H,52,61)/b12-11+,19-16+,23-13-/t22-,24+,25+,26+,32-,40-,41+,44+,49-/m0/s1. The lowest BCUT2D eigenvalue weighted by Gasteiger charge is -2.38. The number of methoxy groups -OCH3 is 1. The summed E-state index contributed by atoms with van der Waals surface area (Å²) < 4.78 is 30.4. The highest BCUT2D eigenvalue weighted by Gasteiger charge is 2.50. The van der Waals surface area contributed by atoms with Gasteiger partial charge in [-0.1, -0.05) is 45.9 Å². The highest BCUT2D eigenvalue weighted by molar-refractivity contribution is 6.22. The maximum atomic E-state index is 14.8. The number of carbonyl (C=O) groups excluding carboxylic acids is 3. The van der Waals surface area contributed by atoms with Gasteiger partial charge in [0.1, 0.15) is 40.3 Å². The summed E-state index contributed by atoms with van der Waals surface area (Å²) >= 11 is 0. The lowest BCUT2D eigenvalue weighted by molar-refractivity contribution is -0.160. The van der Waals surface area contributed by atoms with Crippen LogP contribution in [0.15, 0.2) is 57.5 Å². The maximum Gasteiger partial charge on any atom is 0.312 e. The molecule has 1 fully saturated rings. The van der Waals surface area contributed by atoms with Gasteiger partial charge in [-0.05, 0) is 39.8 Å². The van der Waals surface area contributed by atoms with Crippen molar-refractivity contribution < 1.29 is 58.2 Å². The van der Waals surface area contributed by atoms with E-state index in [9.17, 15) is 39.6 Å². The Morgan fingerprint density at radius 2 is 1.68 bits per heavy atom. The van der Waals surface area contributed by atoms with Gasteiger partial charge in [0.2, 0.25) is 5.43 Å². The van der Waals surface area contributed by atoms with Gasteiger partial charge in [-0.2, -0.15) is 0 Å². The van der Waals surface area contributed by atoms with Crippen molar-refractivity contribution in [2.75, 3.05) is 37.5 Å². The summed E-state index contributed by atoms with van der Waals surface area (Å²) in [6.07, 6.45) is 5.20. The van der Waals surface area contributed by atoms with Crippen LogP contribution in [0.1, 0.15) is 77.2 Å². The zero-order chi connectivity index (χ0) is 48.1. The number of anilines is 2. The molecule has 1 saturated heterocycles. The molecule has 1 amide bonds. The van der Waals surface area contributed by atoms with E-state index >= 15 is 0 Å². The zero-order valence-corrected chi connectivity index (χ0v) is 38.9. The van der Waals surface area contributed by atoms with Crippen LogP contribution >= 0.6 is 0 Å². The predicted molar refractivity (Wildman–Crippen MR) is 247 cm³/mol. The first-order valence-electron chi connectivity index (χ1n) is 22.3. The van der Waals surface area contributed by atoms with Gasteiger partial charge >= 0.3 is 11.8 Å². The van der Waals surface area contributed by atoms with E-state index in [-0.39, 0.29) is 67.2 Å². The van der Waals surface area contributed by atoms with Gasteiger partial charge < -0.3 is 59.3 Å². The van der Waals surface area contributed by atoms with Crippen molar-refractivity contribution in [3.63, 3.8) is 0 Å². The topological polar surface area (TPSA) is 239 Å². The molecular formula is C49H60N4O13. The number of fused-ring (bicyclic) bond motifs is 14. The van der Waals surface area contributed by atoms with E-state index in [1.807, 2.05) is 7.05 Å². The number of rotatable bonds is 4. The van der Waals surface area contributed by atoms with Crippen LogP contribution in [-0.2, 0) is 23.8 Å². The van der Waals surface area contributed by atoms with Gasteiger partial charge in [0.15, 0.2) is 11.3 Å². The summed E-state index contributed by atoms with van der Waals surface area (Å²) in [5, 5.41) is 51.9. The predicted octanol–water partition coefficient (Wildman–Crippen LogP) is 5.84. The average molecular weight is 913 g/mol. The van der Waals surface area contributed by atoms with Crippen LogP contribution in [0.4, 0.5) is 11.4 Å². The molecule has 9 atom stereocenters. The molecular weight excluding hydrogens is 853 g/mol. The normalized spacial score (nSPS) is 29.9. The van der Waals surface area contributed by atoms with Crippen LogP contribution < -0.4 is 25.7 Å². The van der Waals surface area contributed by atoms with Crippen molar-refractivity contribution in [3.8, 4) is 28.7 Å². The molecule has 0 radical (unpaired) electrons. The first-order valence-corrected chi connectivity index (χ1v) is 22.3. The van der Waals surface area contributed by atoms with E-state index in [1.165, 1.54) is 53.2 Å². The van der Waals surface area contributed by atoms with Crippen molar-refractivity contribution in [2.24, 2.45) is 23.7 Å². The molecule has 6 aliphatic rings. The minimum Gasteiger partial charge on any atom is -0.507 e. The molecule has 66 heavy (non-hydrogen) atoms. The number of hydrogen-bond acceptors (Lipinski definition) is 16. The first kappa shape index (κ1) is 47.9. The highest BCUT2D eigenvalue weighted by atomic mass is 16.7. The van der Waals surface area contributed by atoms with Gasteiger partial charge in [0.05, 0.1) is 35.5 Å². The third-order valence-electron chi connectivity index (χ3n) is 13.7.